The summed E-state index contributed by atoms with van der Waals surface area (Å²) in [4.78, 5) is 0. The molecule has 15 heavy (non-hydrogen) atoms. The molecule has 1 aromatic carbocycles. The lowest BCUT2D eigenvalue weighted by molar-refractivity contribution is -0.0846. The minimum Gasteiger partial charge on any atom is -0.355 e. The molecular formula is C11H19NO2Si. The van der Waals surface area contributed by atoms with E-state index in [0.29, 0.717) is 13.2 Å². The Balaban J connectivity index is 2.67. The SMILES string of the molecule is CCOC(OCC)[SiH](N)c1ccccc1. The first-order valence-electron chi connectivity index (χ1n) is 5.33. The van der Waals surface area contributed by atoms with Crippen LogP contribution < -0.4 is 10.6 Å². The van der Waals surface area contributed by atoms with Gasteiger partial charge in [0.05, 0.1) is 0 Å². The predicted molar refractivity (Wildman–Crippen MR) is 64.5 cm³/mol. The van der Waals surface area contributed by atoms with Gasteiger partial charge < -0.3 is 14.9 Å². The van der Waals surface area contributed by atoms with Gasteiger partial charge in [-0.25, -0.2) is 0 Å². The molecule has 0 amide bonds. The van der Waals surface area contributed by atoms with Crippen LogP contribution >= 0.6 is 0 Å². The number of hydrogen-bond donors (Lipinski definition) is 1. The average Bonchev–Trinajstić information content (AvgIpc) is 2.29. The first-order chi connectivity index (χ1) is 7.29. The highest BCUT2D eigenvalue weighted by Crippen LogP contribution is 1.98. The highest BCUT2D eigenvalue weighted by atomic mass is 28.3. The smallest absolute Gasteiger partial charge is 0.203 e. The van der Waals surface area contributed by atoms with Crippen molar-refractivity contribution in [3.63, 3.8) is 0 Å². The molecule has 0 radical (unpaired) electrons. The second-order valence-corrected chi connectivity index (χ2v) is 5.48. The third-order valence-corrected chi connectivity index (χ3v) is 4.27. The van der Waals surface area contributed by atoms with Gasteiger partial charge in [0.25, 0.3) is 0 Å². The molecular weight excluding hydrogens is 206 g/mol. The van der Waals surface area contributed by atoms with Gasteiger partial charge in [-0.15, -0.1) is 0 Å². The van der Waals surface area contributed by atoms with Crippen LogP contribution in [0.5, 0.6) is 0 Å². The molecule has 0 heterocycles. The summed E-state index contributed by atoms with van der Waals surface area (Å²) >= 11 is 0. The number of hydrogen-bond acceptors (Lipinski definition) is 3. The fourth-order valence-electron chi connectivity index (χ4n) is 1.42. The Labute approximate surface area is 92.9 Å². The van der Waals surface area contributed by atoms with E-state index in [1.807, 2.05) is 44.2 Å². The first kappa shape index (κ1) is 12.4. The molecule has 0 saturated heterocycles. The van der Waals surface area contributed by atoms with Gasteiger partial charge in [-0.2, -0.15) is 0 Å². The molecule has 3 nitrogen and oxygen atoms in total. The number of benzene rings is 1. The minimum absolute atomic E-state index is 0.220. The molecule has 0 aromatic heterocycles. The Morgan fingerprint density at radius 3 is 2.13 bits per heavy atom. The van der Waals surface area contributed by atoms with E-state index < -0.39 is 8.96 Å². The summed E-state index contributed by atoms with van der Waals surface area (Å²) in [7, 11) is -1.66. The van der Waals surface area contributed by atoms with Crippen molar-refractivity contribution in [3.8, 4) is 0 Å². The van der Waals surface area contributed by atoms with Crippen LogP contribution in [-0.2, 0) is 9.47 Å². The molecule has 0 spiro atoms. The van der Waals surface area contributed by atoms with E-state index in [1.54, 1.807) is 0 Å². The molecule has 0 aliphatic carbocycles. The maximum atomic E-state index is 6.20. The third kappa shape index (κ3) is 3.75. The van der Waals surface area contributed by atoms with Gasteiger partial charge in [0.15, 0.2) is 5.91 Å². The standard InChI is InChI=1S/C11H19NO2Si/c1-3-13-11(14-4-2)15(12)10-8-6-5-7-9-10/h5-9,11,15H,3-4,12H2,1-2H3. The second-order valence-electron chi connectivity index (χ2n) is 3.22. The van der Waals surface area contributed by atoms with Crippen LogP contribution in [0.25, 0.3) is 0 Å². The summed E-state index contributed by atoms with van der Waals surface area (Å²) < 4.78 is 11.0. The van der Waals surface area contributed by atoms with E-state index in [2.05, 4.69) is 0 Å². The van der Waals surface area contributed by atoms with Crippen molar-refractivity contribution in [2.24, 2.45) is 5.40 Å². The van der Waals surface area contributed by atoms with E-state index in [-0.39, 0.29) is 5.91 Å². The lowest BCUT2D eigenvalue weighted by atomic mass is 10.4. The Bertz CT molecular complexity index is 263. The zero-order valence-corrected chi connectivity index (χ0v) is 10.5. The molecule has 0 bridgehead atoms. The average molecular weight is 225 g/mol. The Morgan fingerprint density at radius 2 is 1.67 bits per heavy atom. The van der Waals surface area contributed by atoms with Crippen LogP contribution in [0.15, 0.2) is 30.3 Å². The molecule has 0 aliphatic heterocycles. The molecule has 1 rings (SSSR count). The Morgan fingerprint density at radius 1 is 1.13 bits per heavy atom. The predicted octanol–water partition coefficient (Wildman–Crippen LogP) is 0.514. The van der Waals surface area contributed by atoms with E-state index in [9.17, 15) is 0 Å². The van der Waals surface area contributed by atoms with Gasteiger partial charge in [-0.1, -0.05) is 30.3 Å². The summed E-state index contributed by atoms with van der Waals surface area (Å²) in [5, 5.41) is 7.37. The number of ether oxygens (including phenoxy) is 2. The lowest BCUT2D eigenvalue weighted by Crippen LogP contribution is -2.52. The molecule has 0 saturated carbocycles. The molecule has 4 heteroatoms. The van der Waals surface area contributed by atoms with E-state index in [4.69, 9.17) is 14.9 Å². The zero-order valence-electron chi connectivity index (χ0n) is 9.35. The molecule has 84 valence electrons. The number of rotatable bonds is 6. The van der Waals surface area contributed by atoms with Crippen molar-refractivity contribution in [2.45, 2.75) is 19.8 Å². The second kappa shape index (κ2) is 6.74. The Hall–Kier alpha value is -0.683. The van der Waals surface area contributed by atoms with Gasteiger partial charge in [0.1, 0.15) is 0 Å². The molecule has 0 aliphatic rings. The largest absolute Gasteiger partial charge is 0.355 e. The van der Waals surface area contributed by atoms with Crippen molar-refractivity contribution in [2.75, 3.05) is 13.2 Å². The van der Waals surface area contributed by atoms with Crippen LogP contribution in [0.4, 0.5) is 0 Å². The molecule has 2 N–H and O–H groups in total. The summed E-state index contributed by atoms with van der Waals surface area (Å²) in [5.41, 5.74) is 0. The van der Waals surface area contributed by atoms with Crippen molar-refractivity contribution in [1.29, 1.82) is 0 Å². The summed E-state index contributed by atoms with van der Waals surface area (Å²) in [5.74, 6) is -0.220. The van der Waals surface area contributed by atoms with Crippen molar-refractivity contribution in [3.05, 3.63) is 30.3 Å². The maximum Gasteiger partial charge on any atom is 0.203 e. The summed E-state index contributed by atoms with van der Waals surface area (Å²) in [6.07, 6.45) is 0. The fourth-order valence-corrected chi connectivity index (χ4v) is 3.20. The molecule has 1 unspecified atom stereocenters. The van der Waals surface area contributed by atoms with E-state index >= 15 is 0 Å². The van der Waals surface area contributed by atoms with Gasteiger partial charge in [0.2, 0.25) is 8.96 Å². The topological polar surface area (TPSA) is 44.5 Å². The van der Waals surface area contributed by atoms with Crippen LogP contribution in [0.2, 0.25) is 0 Å². The number of nitrogens with two attached hydrogens (primary N) is 1. The monoisotopic (exact) mass is 225 g/mol. The van der Waals surface area contributed by atoms with Gasteiger partial charge in [-0.3, -0.25) is 0 Å². The zero-order chi connectivity index (χ0) is 11.1. The maximum absolute atomic E-state index is 6.20. The van der Waals surface area contributed by atoms with Crippen LogP contribution in [0, 0.1) is 0 Å². The minimum atomic E-state index is -1.66. The van der Waals surface area contributed by atoms with Crippen LogP contribution in [-0.4, -0.2) is 28.1 Å². The van der Waals surface area contributed by atoms with Crippen LogP contribution in [0.1, 0.15) is 13.8 Å². The Kier molecular flexibility index (Phi) is 5.56. The van der Waals surface area contributed by atoms with Crippen molar-refractivity contribution >= 4 is 14.1 Å². The van der Waals surface area contributed by atoms with Gasteiger partial charge in [0, 0.05) is 13.2 Å². The van der Waals surface area contributed by atoms with Crippen LogP contribution in [0.3, 0.4) is 0 Å². The quantitative estimate of drug-likeness (QED) is 0.567. The highest BCUT2D eigenvalue weighted by Gasteiger charge is 2.21. The van der Waals surface area contributed by atoms with E-state index in [1.165, 1.54) is 5.19 Å². The van der Waals surface area contributed by atoms with Gasteiger partial charge in [-0.05, 0) is 19.0 Å². The van der Waals surface area contributed by atoms with Gasteiger partial charge >= 0.3 is 0 Å². The molecule has 1 aromatic rings. The lowest BCUT2D eigenvalue weighted by Gasteiger charge is -2.22. The first-order valence-corrected chi connectivity index (χ1v) is 7.24. The van der Waals surface area contributed by atoms with Crippen molar-refractivity contribution in [1.82, 2.24) is 0 Å². The van der Waals surface area contributed by atoms with Crippen molar-refractivity contribution < 1.29 is 9.47 Å². The highest BCUT2D eigenvalue weighted by molar-refractivity contribution is 6.71. The fraction of sp³-hybridized carbons (Fsp3) is 0.455. The third-order valence-electron chi connectivity index (χ3n) is 2.14. The molecule has 0 fully saturated rings. The normalized spacial score (nSPS) is 13.1. The summed E-state index contributed by atoms with van der Waals surface area (Å²) in [6.45, 7) is 5.19. The summed E-state index contributed by atoms with van der Waals surface area (Å²) in [6, 6.07) is 10.1. The van der Waals surface area contributed by atoms with E-state index in [0.717, 1.165) is 0 Å². The molecule has 1 atom stereocenters.